The normalized spacial score (nSPS) is 22.4. The zero-order valence-corrected chi connectivity index (χ0v) is 13.9. The SMILES string of the molecule is CN(CC(C)(C)CN)C(=O)C1CCCOC1c1ccccc1. The molecule has 1 aromatic rings. The number of rotatable bonds is 5. The second-order valence-electron chi connectivity index (χ2n) is 7.01. The van der Waals surface area contributed by atoms with Crippen molar-refractivity contribution in [3.8, 4) is 0 Å². The van der Waals surface area contributed by atoms with Gasteiger partial charge in [-0.15, -0.1) is 0 Å². The zero-order valence-electron chi connectivity index (χ0n) is 13.9. The van der Waals surface area contributed by atoms with E-state index in [1.165, 1.54) is 0 Å². The summed E-state index contributed by atoms with van der Waals surface area (Å²) in [6.45, 7) is 6.13. The summed E-state index contributed by atoms with van der Waals surface area (Å²) in [5, 5.41) is 0. The van der Waals surface area contributed by atoms with Crippen molar-refractivity contribution in [3.05, 3.63) is 35.9 Å². The molecule has 0 aromatic heterocycles. The van der Waals surface area contributed by atoms with Crippen molar-refractivity contribution < 1.29 is 9.53 Å². The minimum Gasteiger partial charge on any atom is -0.373 e. The van der Waals surface area contributed by atoms with Crippen molar-refractivity contribution in [2.24, 2.45) is 17.1 Å². The maximum absolute atomic E-state index is 12.9. The Balaban J connectivity index is 2.12. The smallest absolute Gasteiger partial charge is 0.228 e. The molecule has 1 aliphatic rings. The molecule has 2 atom stereocenters. The Kier molecular flexibility index (Phi) is 5.59. The monoisotopic (exact) mass is 304 g/mol. The third-order valence-corrected chi connectivity index (χ3v) is 4.36. The fourth-order valence-electron chi connectivity index (χ4n) is 3.07. The van der Waals surface area contributed by atoms with Gasteiger partial charge in [-0.25, -0.2) is 0 Å². The zero-order chi connectivity index (χ0) is 16.2. The van der Waals surface area contributed by atoms with Crippen molar-refractivity contribution in [2.75, 3.05) is 26.7 Å². The summed E-state index contributed by atoms with van der Waals surface area (Å²) in [5.74, 6) is 0.0600. The lowest BCUT2D eigenvalue weighted by Crippen LogP contribution is -2.44. The number of nitrogens with zero attached hydrogens (tertiary/aromatic N) is 1. The molecule has 1 amide bonds. The summed E-state index contributed by atoms with van der Waals surface area (Å²) < 4.78 is 5.93. The molecule has 2 N–H and O–H groups in total. The van der Waals surface area contributed by atoms with Gasteiger partial charge in [-0.2, -0.15) is 0 Å². The molecule has 0 radical (unpaired) electrons. The topological polar surface area (TPSA) is 55.6 Å². The van der Waals surface area contributed by atoms with Crippen LogP contribution in [0.2, 0.25) is 0 Å². The highest BCUT2D eigenvalue weighted by molar-refractivity contribution is 5.79. The van der Waals surface area contributed by atoms with Gasteiger partial charge in [0.05, 0.1) is 12.0 Å². The first kappa shape index (κ1) is 17.0. The Bertz CT molecular complexity index is 487. The van der Waals surface area contributed by atoms with Gasteiger partial charge in [0.25, 0.3) is 0 Å². The third kappa shape index (κ3) is 4.08. The summed E-state index contributed by atoms with van der Waals surface area (Å²) >= 11 is 0. The van der Waals surface area contributed by atoms with E-state index < -0.39 is 0 Å². The van der Waals surface area contributed by atoms with E-state index in [9.17, 15) is 4.79 Å². The fourth-order valence-corrected chi connectivity index (χ4v) is 3.07. The molecule has 4 nitrogen and oxygen atoms in total. The number of benzene rings is 1. The van der Waals surface area contributed by atoms with E-state index in [2.05, 4.69) is 13.8 Å². The van der Waals surface area contributed by atoms with Crippen molar-refractivity contribution >= 4 is 5.91 Å². The number of nitrogens with two attached hydrogens (primary N) is 1. The van der Waals surface area contributed by atoms with Crippen LogP contribution in [0.25, 0.3) is 0 Å². The molecule has 122 valence electrons. The van der Waals surface area contributed by atoms with Crippen LogP contribution in [0.4, 0.5) is 0 Å². The second-order valence-corrected chi connectivity index (χ2v) is 7.01. The van der Waals surface area contributed by atoms with E-state index in [4.69, 9.17) is 10.5 Å². The van der Waals surface area contributed by atoms with E-state index in [0.717, 1.165) is 25.0 Å². The van der Waals surface area contributed by atoms with Crippen LogP contribution in [0.3, 0.4) is 0 Å². The van der Waals surface area contributed by atoms with Crippen LogP contribution in [0.1, 0.15) is 38.4 Å². The van der Waals surface area contributed by atoms with Crippen LogP contribution < -0.4 is 5.73 Å². The minimum atomic E-state index is -0.133. The molecular formula is C18H28N2O2. The Labute approximate surface area is 133 Å². The number of carbonyl (C=O) groups is 1. The average Bonchev–Trinajstić information content (AvgIpc) is 2.54. The lowest BCUT2D eigenvalue weighted by molar-refractivity contribution is -0.145. The number of hydrogen-bond acceptors (Lipinski definition) is 3. The molecule has 4 heteroatoms. The Morgan fingerprint density at radius 2 is 2.05 bits per heavy atom. The van der Waals surface area contributed by atoms with E-state index in [1.54, 1.807) is 0 Å². The lowest BCUT2D eigenvalue weighted by Gasteiger charge is -2.36. The predicted molar refractivity (Wildman–Crippen MR) is 88.3 cm³/mol. The first-order valence-corrected chi connectivity index (χ1v) is 8.06. The van der Waals surface area contributed by atoms with E-state index in [-0.39, 0.29) is 23.3 Å². The largest absolute Gasteiger partial charge is 0.373 e. The molecule has 2 unspecified atom stereocenters. The van der Waals surface area contributed by atoms with Gasteiger partial charge in [-0.1, -0.05) is 44.2 Å². The van der Waals surface area contributed by atoms with Gasteiger partial charge in [0, 0.05) is 20.2 Å². The van der Waals surface area contributed by atoms with E-state index in [1.807, 2.05) is 42.3 Å². The lowest BCUT2D eigenvalue weighted by atomic mass is 9.87. The van der Waals surface area contributed by atoms with Crippen LogP contribution >= 0.6 is 0 Å². The summed E-state index contributed by atoms with van der Waals surface area (Å²) in [7, 11) is 1.87. The third-order valence-electron chi connectivity index (χ3n) is 4.36. The molecule has 1 heterocycles. The Hall–Kier alpha value is -1.39. The fraction of sp³-hybridized carbons (Fsp3) is 0.611. The molecule has 0 spiro atoms. The van der Waals surface area contributed by atoms with Crippen LogP contribution in [-0.4, -0.2) is 37.6 Å². The quantitative estimate of drug-likeness (QED) is 0.909. The van der Waals surface area contributed by atoms with Crippen LogP contribution in [0.5, 0.6) is 0 Å². The van der Waals surface area contributed by atoms with Crippen LogP contribution in [-0.2, 0) is 9.53 Å². The van der Waals surface area contributed by atoms with Gasteiger partial charge in [-0.3, -0.25) is 4.79 Å². The number of ether oxygens (including phenoxy) is 1. The molecule has 1 aliphatic heterocycles. The van der Waals surface area contributed by atoms with Crippen molar-refractivity contribution in [1.82, 2.24) is 4.90 Å². The predicted octanol–water partition coefficient (Wildman–Crippen LogP) is 2.60. The standard InChI is InChI=1S/C18H28N2O2/c1-18(2,12-19)13-20(3)17(21)15-10-7-11-22-16(15)14-8-5-4-6-9-14/h4-6,8-9,15-16H,7,10-13,19H2,1-3H3. The highest BCUT2D eigenvalue weighted by atomic mass is 16.5. The Morgan fingerprint density at radius 3 is 2.68 bits per heavy atom. The van der Waals surface area contributed by atoms with Crippen molar-refractivity contribution in [2.45, 2.75) is 32.8 Å². The maximum Gasteiger partial charge on any atom is 0.228 e. The van der Waals surface area contributed by atoms with Crippen LogP contribution in [0, 0.1) is 11.3 Å². The molecule has 0 aliphatic carbocycles. The Morgan fingerprint density at radius 1 is 1.36 bits per heavy atom. The van der Waals surface area contributed by atoms with E-state index >= 15 is 0 Å². The number of carbonyl (C=O) groups excluding carboxylic acids is 1. The molecule has 2 rings (SSSR count). The van der Waals surface area contributed by atoms with Gasteiger partial charge in [0.2, 0.25) is 5.91 Å². The molecule has 22 heavy (non-hydrogen) atoms. The van der Waals surface area contributed by atoms with Gasteiger partial charge < -0.3 is 15.4 Å². The summed E-state index contributed by atoms with van der Waals surface area (Å²) in [6.07, 6.45) is 1.69. The number of hydrogen-bond donors (Lipinski definition) is 1. The van der Waals surface area contributed by atoms with Crippen LogP contribution in [0.15, 0.2) is 30.3 Å². The molecule has 0 saturated carbocycles. The minimum absolute atomic E-state index is 0.0673. The highest BCUT2D eigenvalue weighted by Gasteiger charge is 2.35. The van der Waals surface area contributed by atoms with Gasteiger partial charge in [0.1, 0.15) is 0 Å². The summed E-state index contributed by atoms with van der Waals surface area (Å²) in [5.41, 5.74) is 6.81. The molecule has 1 aromatic carbocycles. The summed E-state index contributed by atoms with van der Waals surface area (Å²) in [4.78, 5) is 14.7. The van der Waals surface area contributed by atoms with Gasteiger partial charge in [-0.05, 0) is 30.4 Å². The first-order chi connectivity index (χ1) is 10.4. The average molecular weight is 304 g/mol. The van der Waals surface area contributed by atoms with Gasteiger partial charge >= 0.3 is 0 Å². The highest BCUT2D eigenvalue weighted by Crippen LogP contribution is 2.35. The maximum atomic E-state index is 12.9. The van der Waals surface area contributed by atoms with E-state index in [0.29, 0.717) is 13.1 Å². The molecular weight excluding hydrogens is 276 g/mol. The van der Waals surface area contributed by atoms with Crippen molar-refractivity contribution in [3.63, 3.8) is 0 Å². The molecule has 1 fully saturated rings. The van der Waals surface area contributed by atoms with Crippen molar-refractivity contribution in [1.29, 1.82) is 0 Å². The first-order valence-electron chi connectivity index (χ1n) is 8.06. The van der Waals surface area contributed by atoms with Gasteiger partial charge in [0.15, 0.2) is 0 Å². The molecule has 0 bridgehead atoms. The molecule has 1 saturated heterocycles. The number of amides is 1. The second kappa shape index (κ2) is 7.25. The summed E-state index contributed by atoms with van der Waals surface area (Å²) in [6, 6.07) is 10.1.